The van der Waals surface area contributed by atoms with Crippen LogP contribution in [0.4, 0.5) is 0 Å². The van der Waals surface area contributed by atoms with Gasteiger partial charge in [-0.05, 0) is 25.8 Å². The minimum Gasteiger partial charge on any atom is -0.351 e. The number of carbonyl (C=O) groups excluding carboxylic acids is 1. The minimum absolute atomic E-state index is 0.0893. The number of amides is 1. The zero-order chi connectivity index (χ0) is 15.8. The minimum atomic E-state index is -0.240. The summed E-state index contributed by atoms with van der Waals surface area (Å²) >= 11 is 0. The first-order valence-electron chi connectivity index (χ1n) is 8.29. The van der Waals surface area contributed by atoms with Crippen molar-refractivity contribution in [1.82, 2.24) is 29.8 Å². The lowest BCUT2D eigenvalue weighted by Crippen LogP contribution is -2.45. The van der Waals surface area contributed by atoms with Crippen LogP contribution in [0.2, 0.25) is 0 Å². The molecule has 0 spiro atoms. The van der Waals surface area contributed by atoms with Crippen molar-refractivity contribution < 1.29 is 4.79 Å². The summed E-state index contributed by atoms with van der Waals surface area (Å²) in [5, 5.41) is 11.8. The first kappa shape index (κ1) is 14.4. The van der Waals surface area contributed by atoms with Gasteiger partial charge in [0.25, 0.3) is 0 Å². The Bertz CT molecular complexity index is 701. The lowest BCUT2D eigenvalue weighted by molar-refractivity contribution is -0.126. The van der Waals surface area contributed by atoms with Gasteiger partial charge in [0.05, 0.1) is 11.9 Å². The Morgan fingerprint density at radius 2 is 2.26 bits per heavy atom. The fraction of sp³-hybridized carbons (Fsp3) is 0.562. The maximum atomic E-state index is 12.5. The highest BCUT2D eigenvalue weighted by atomic mass is 16.2. The number of aryl methyl sites for hydroxylation is 1. The van der Waals surface area contributed by atoms with E-state index < -0.39 is 0 Å². The first-order chi connectivity index (χ1) is 11.2. The molecule has 2 aromatic rings. The zero-order valence-electron chi connectivity index (χ0n) is 13.4. The molecule has 1 unspecified atom stereocenters. The van der Waals surface area contributed by atoms with Crippen LogP contribution >= 0.6 is 0 Å². The summed E-state index contributed by atoms with van der Waals surface area (Å²) in [4.78, 5) is 14.8. The summed E-state index contributed by atoms with van der Waals surface area (Å²) < 4.78 is 3.81. The summed E-state index contributed by atoms with van der Waals surface area (Å²) in [5.41, 5.74) is 2.27. The molecule has 2 aromatic heterocycles. The predicted molar refractivity (Wildman–Crippen MR) is 84.4 cm³/mol. The van der Waals surface area contributed by atoms with Crippen LogP contribution in [-0.2, 0) is 24.4 Å². The second-order valence-corrected chi connectivity index (χ2v) is 6.44. The van der Waals surface area contributed by atoms with Gasteiger partial charge in [0.2, 0.25) is 5.91 Å². The number of rotatable bonds is 5. The van der Waals surface area contributed by atoms with E-state index in [0.717, 1.165) is 38.2 Å². The molecular weight excluding hydrogens is 292 g/mol. The van der Waals surface area contributed by atoms with Crippen molar-refractivity contribution >= 4 is 5.91 Å². The van der Waals surface area contributed by atoms with Gasteiger partial charge in [-0.1, -0.05) is 0 Å². The third-order valence-corrected chi connectivity index (χ3v) is 4.51. The van der Waals surface area contributed by atoms with Crippen LogP contribution in [0.3, 0.4) is 0 Å². The quantitative estimate of drug-likeness (QED) is 0.892. The lowest BCUT2D eigenvalue weighted by atomic mass is 10.1. The first-order valence-corrected chi connectivity index (χ1v) is 8.29. The number of hydrogen-bond acceptors (Lipinski definition) is 4. The van der Waals surface area contributed by atoms with Crippen molar-refractivity contribution in [2.75, 3.05) is 6.54 Å². The van der Waals surface area contributed by atoms with Crippen molar-refractivity contribution in [2.24, 2.45) is 0 Å². The molecule has 1 aliphatic heterocycles. The fourth-order valence-corrected chi connectivity index (χ4v) is 3.12. The van der Waals surface area contributed by atoms with Crippen molar-refractivity contribution in [2.45, 2.75) is 51.5 Å². The Kier molecular flexibility index (Phi) is 3.65. The molecule has 7 nitrogen and oxygen atoms in total. The van der Waals surface area contributed by atoms with E-state index in [9.17, 15) is 4.79 Å². The molecule has 7 heteroatoms. The fourth-order valence-electron chi connectivity index (χ4n) is 3.12. The normalized spacial score (nSPS) is 21.2. The number of nitrogens with zero attached hydrogens (tertiary/aromatic N) is 5. The Morgan fingerprint density at radius 3 is 3.00 bits per heavy atom. The molecule has 2 aliphatic rings. The second-order valence-electron chi connectivity index (χ2n) is 6.44. The smallest absolute Gasteiger partial charge is 0.246 e. The molecule has 0 radical (unpaired) electrons. The molecule has 23 heavy (non-hydrogen) atoms. The highest BCUT2D eigenvalue weighted by molar-refractivity contribution is 5.81. The molecule has 1 fully saturated rings. The largest absolute Gasteiger partial charge is 0.351 e. The summed E-state index contributed by atoms with van der Waals surface area (Å²) in [6.07, 6.45) is 7.97. The van der Waals surface area contributed by atoms with E-state index in [-0.39, 0.29) is 11.9 Å². The number of nitrogens with one attached hydrogen (secondary N) is 1. The SMILES string of the molecule is CCn1cc(CN2Cc3ccnn3C(C(=O)NC3CC3)C2)cn1. The average molecular weight is 314 g/mol. The molecule has 0 saturated heterocycles. The Morgan fingerprint density at radius 1 is 1.39 bits per heavy atom. The second kappa shape index (κ2) is 5.81. The summed E-state index contributed by atoms with van der Waals surface area (Å²) in [7, 11) is 0. The third-order valence-electron chi connectivity index (χ3n) is 4.51. The molecule has 1 atom stereocenters. The van der Waals surface area contributed by atoms with Gasteiger partial charge in [-0.25, -0.2) is 0 Å². The number of aromatic nitrogens is 4. The highest BCUT2D eigenvalue weighted by Crippen LogP contribution is 2.24. The van der Waals surface area contributed by atoms with Crippen molar-refractivity contribution in [3.63, 3.8) is 0 Å². The van der Waals surface area contributed by atoms with Gasteiger partial charge >= 0.3 is 0 Å². The molecule has 1 amide bonds. The molecule has 1 N–H and O–H groups in total. The van der Waals surface area contributed by atoms with Crippen LogP contribution < -0.4 is 5.32 Å². The molecule has 0 bridgehead atoms. The molecule has 4 rings (SSSR count). The molecular formula is C16H22N6O. The standard InChI is InChI=1S/C16H22N6O/c1-2-21-9-12(7-18-21)8-20-10-14-5-6-17-22(14)15(11-20)16(23)19-13-3-4-13/h5-7,9,13,15H,2-4,8,10-11H2,1H3,(H,19,23). The van der Waals surface area contributed by atoms with E-state index in [0.29, 0.717) is 12.6 Å². The Hall–Kier alpha value is -2.15. The van der Waals surface area contributed by atoms with Crippen LogP contribution in [0.25, 0.3) is 0 Å². The van der Waals surface area contributed by atoms with Gasteiger partial charge in [0.15, 0.2) is 0 Å². The van der Waals surface area contributed by atoms with E-state index in [2.05, 4.69) is 33.5 Å². The summed E-state index contributed by atoms with van der Waals surface area (Å²) in [6, 6.07) is 2.13. The number of hydrogen-bond donors (Lipinski definition) is 1. The molecule has 0 aromatic carbocycles. The maximum Gasteiger partial charge on any atom is 0.246 e. The summed E-state index contributed by atoms with van der Waals surface area (Å²) in [5.74, 6) is 0.0893. The van der Waals surface area contributed by atoms with E-state index in [4.69, 9.17) is 0 Å². The van der Waals surface area contributed by atoms with Crippen LogP contribution in [0, 0.1) is 0 Å². The zero-order valence-corrected chi connectivity index (χ0v) is 13.4. The van der Waals surface area contributed by atoms with Crippen molar-refractivity contribution in [3.8, 4) is 0 Å². The maximum absolute atomic E-state index is 12.5. The van der Waals surface area contributed by atoms with Gasteiger partial charge in [-0.2, -0.15) is 10.2 Å². The summed E-state index contributed by atoms with van der Waals surface area (Å²) in [6.45, 7) is 5.25. The number of carbonyl (C=O) groups is 1. The molecule has 3 heterocycles. The number of fused-ring (bicyclic) bond motifs is 1. The van der Waals surface area contributed by atoms with E-state index >= 15 is 0 Å². The topological polar surface area (TPSA) is 68.0 Å². The Balaban J connectivity index is 1.50. The van der Waals surface area contributed by atoms with E-state index in [1.54, 1.807) is 6.20 Å². The van der Waals surface area contributed by atoms with Crippen molar-refractivity contribution in [1.29, 1.82) is 0 Å². The monoisotopic (exact) mass is 314 g/mol. The van der Waals surface area contributed by atoms with Gasteiger partial charge in [0, 0.05) is 50.2 Å². The van der Waals surface area contributed by atoms with Gasteiger partial charge in [-0.3, -0.25) is 19.1 Å². The predicted octanol–water partition coefficient (Wildman–Crippen LogP) is 0.935. The third kappa shape index (κ3) is 3.01. The molecule has 1 saturated carbocycles. The average Bonchev–Trinajstić information content (AvgIpc) is 3.06. The van der Waals surface area contributed by atoms with Gasteiger partial charge in [-0.15, -0.1) is 0 Å². The van der Waals surface area contributed by atoms with Crippen LogP contribution in [0.15, 0.2) is 24.7 Å². The van der Waals surface area contributed by atoms with E-state index in [1.807, 2.05) is 21.6 Å². The van der Waals surface area contributed by atoms with Crippen LogP contribution in [-0.4, -0.2) is 43.0 Å². The van der Waals surface area contributed by atoms with Crippen molar-refractivity contribution in [3.05, 3.63) is 35.9 Å². The van der Waals surface area contributed by atoms with E-state index in [1.165, 1.54) is 5.56 Å². The van der Waals surface area contributed by atoms with Gasteiger partial charge in [0.1, 0.15) is 6.04 Å². The van der Waals surface area contributed by atoms with Gasteiger partial charge < -0.3 is 5.32 Å². The lowest BCUT2D eigenvalue weighted by Gasteiger charge is -2.32. The highest BCUT2D eigenvalue weighted by Gasteiger charge is 2.33. The Labute approximate surface area is 135 Å². The van der Waals surface area contributed by atoms with Crippen LogP contribution in [0.1, 0.15) is 37.1 Å². The molecule has 122 valence electrons. The van der Waals surface area contributed by atoms with Crippen LogP contribution in [0.5, 0.6) is 0 Å². The molecule has 1 aliphatic carbocycles.